The molecule has 2 heterocycles. The van der Waals surface area contributed by atoms with Gasteiger partial charge in [0.2, 0.25) is 0 Å². The number of nitrogens with zero attached hydrogens (tertiary/aromatic N) is 2. The van der Waals surface area contributed by atoms with E-state index in [9.17, 15) is 0 Å². The summed E-state index contributed by atoms with van der Waals surface area (Å²) in [4.78, 5) is 7.95. The van der Waals surface area contributed by atoms with Crippen molar-refractivity contribution < 1.29 is 0 Å². The van der Waals surface area contributed by atoms with E-state index in [1.807, 2.05) is 17.8 Å². The van der Waals surface area contributed by atoms with Crippen molar-refractivity contribution in [1.82, 2.24) is 9.97 Å². The fraction of sp³-hybridized carbons (Fsp3) is 0.667. The molecule has 1 aromatic heterocycles. The number of hydrogen-bond donors (Lipinski definition) is 1. The van der Waals surface area contributed by atoms with Crippen LogP contribution >= 0.6 is 56.3 Å². The van der Waals surface area contributed by atoms with Crippen LogP contribution in [-0.2, 0) is 6.42 Å². The van der Waals surface area contributed by atoms with Gasteiger partial charge in [-0.3, -0.25) is 0 Å². The zero-order chi connectivity index (χ0) is 13.8. The molecule has 0 aliphatic carbocycles. The maximum Gasteiger partial charge on any atom is 0.140 e. The van der Waals surface area contributed by atoms with Gasteiger partial charge in [-0.05, 0) is 26.3 Å². The summed E-state index contributed by atoms with van der Waals surface area (Å²) >= 11 is 13.2. The molecule has 1 aliphatic heterocycles. The average molecular weight is 414 g/mol. The highest BCUT2D eigenvalue weighted by Crippen LogP contribution is 2.71. The van der Waals surface area contributed by atoms with Gasteiger partial charge in [0.05, 0.1) is 0 Å². The van der Waals surface area contributed by atoms with E-state index in [1.54, 1.807) is 12.5 Å². The van der Waals surface area contributed by atoms with Gasteiger partial charge in [-0.2, -0.15) is 12.6 Å². The number of thioether (sulfide) groups is 1. The lowest BCUT2D eigenvalue weighted by molar-refractivity contribution is 0.797. The Balaban J connectivity index is 0.000000199. The molecular formula is C12H18Br2N2S2. The lowest BCUT2D eigenvalue weighted by atomic mass is 10.2. The molecule has 2 nitrogen and oxygen atoms in total. The van der Waals surface area contributed by atoms with Gasteiger partial charge in [0, 0.05) is 28.3 Å². The lowest BCUT2D eigenvalue weighted by Gasteiger charge is -2.04. The van der Waals surface area contributed by atoms with Crippen molar-refractivity contribution in [2.45, 2.75) is 46.2 Å². The molecule has 1 aromatic rings. The van der Waals surface area contributed by atoms with Gasteiger partial charge >= 0.3 is 0 Å². The van der Waals surface area contributed by atoms with Crippen LogP contribution in [0.4, 0.5) is 0 Å². The van der Waals surface area contributed by atoms with E-state index in [0.717, 1.165) is 18.5 Å². The van der Waals surface area contributed by atoms with Gasteiger partial charge in [0.25, 0.3) is 0 Å². The molecule has 102 valence electrons. The summed E-state index contributed by atoms with van der Waals surface area (Å²) in [5, 5.41) is 0.421. The maximum absolute atomic E-state index is 4.38. The van der Waals surface area contributed by atoms with Crippen LogP contribution in [0, 0.1) is 0 Å². The Morgan fingerprint density at radius 3 is 2.33 bits per heavy atom. The number of alkyl halides is 2. The number of aromatic nitrogens is 2. The van der Waals surface area contributed by atoms with Gasteiger partial charge < -0.3 is 0 Å². The molecule has 0 amide bonds. The molecule has 0 spiro atoms. The Morgan fingerprint density at radius 1 is 1.44 bits per heavy atom. The highest BCUT2D eigenvalue weighted by Gasteiger charge is 2.59. The summed E-state index contributed by atoms with van der Waals surface area (Å²) in [5.74, 6) is 0. The van der Waals surface area contributed by atoms with Crippen molar-refractivity contribution >= 4 is 56.3 Å². The van der Waals surface area contributed by atoms with E-state index in [1.165, 1.54) is 0 Å². The van der Waals surface area contributed by atoms with Gasteiger partial charge in [0.1, 0.15) is 8.89 Å². The Labute approximate surface area is 136 Å². The highest BCUT2D eigenvalue weighted by molar-refractivity contribution is 9.29. The molecule has 0 saturated carbocycles. The Kier molecular flexibility index (Phi) is 6.49. The second kappa shape index (κ2) is 6.95. The Hall–Kier alpha value is 0.740. The van der Waals surface area contributed by atoms with Gasteiger partial charge in [-0.1, -0.05) is 38.8 Å². The predicted octanol–water partition coefficient (Wildman–Crippen LogP) is 4.68. The van der Waals surface area contributed by atoms with Crippen LogP contribution in [0.1, 0.15) is 32.9 Å². The zero-order valence-corrected chi connectivity index (χ0v) is 15.6. The molecule has 0 N–H and O–H groups in total. The minimum atomic E-state index is 0.188. The molecule has 2 rings (SSSR count). The first-order valence-electron chi connectivity index (χ1n) is 5.79. The number of hydrogen-bond acceptors (Lipinski definition) is 4. The number of halogens is 2. The van der Waals surface area contributed by atoms with Gasteiger partial charge in [0.15, 0.2) is 0 Å². The first kappa shape index (κ1) is 16.8. The largest absolute Gasteiger partial charge is 0.245 e. The minimum absolute atomic E-state index is 0.188. The van der Waals surface area contributed by atoms with Crippen LogP contribution in [0.15, 0.2) is 18.6 Å². The Morgan fingerprint density at radius 2 is 2.00 bits per heavy atom. The van der Waals surface area contributed by atoms with Crippen LogP contribution in [-0.4, -0.2) is 22.5 Å². The quantitative estimate of drug-likeness (QED) is 0.442. The summed E-state index contributed by atoms with van der Waals surface area (Å²) in [5.41, 5.74) is 1.07. The fourth-order valence-electron chi connectivity index (χ4n) is 1.12. The molecule has 0 radical (unpaired) electrons. The monoisotopic (exact) mass is 412 g/mol. The lowest BCUT2D eigenvalue weighted by Crippen LogP contribution is -2.02. The van der Waals surface area contributed by atoms with E-state index in [2.05, 4.69) is 75.2 Å². The smallest absolute Gasteiger partial charge is 0.140 e. The summed E-state index contributed by atoms with van der Waals surface area (Å²) in [6, 6.07) is 1.93. The van der Waals surface area contributed by atoms with Gasteiger partial charge in [-0.15, -0.1) is 11.8 Å². The zero-order valence-electron chi connectivity index (χ0n) is 10.7. The maximum atomic E-state index is 4.38. The van der Waals surface area contributed by atoms with Crippen LogP contribution in [0.5, 0.6) is 0 Å². The van der Waals surface area contributed by atoms with E-state index in [-0.39, 0.29) is 2.57 Å². The number of rotatable bonds is 3. The molecule has 1 saturated heterocycles. The summed E-state index contributed by atoms with van der Waals surface area (Å²) < 4.78 is 0.583. The van der Waals surface area contributed by atoms with Crippen molar-refractivity contribution in [3.63, 3.8) is 0 Å². The van der Waals surface area contributed by atoms with Crippen molar-refractivity contribution in [3.8, 4) is 0 Å². The molecule has 1 fully saturated rings. The standard InChI is InChI=1S/C8H12N2S.C4H6Br2S/c1-2-8(11)5-7-3-4-9-6-10-7;1-3(2)4(5,6)7-3/h3-4,6,8,11H,2,5H2,1H3;1-2H3. The third kappa shape index (κ3) is 5.39. The molecule has 1 aliphatic rings. The molecule has 0 bridgehead atoms. The van der Waals surface area contributed by atoms with E-state index in [4.69, 9.17) is 0 Å². The minimum Gasteiger partial charge on any atom is -0.245 e. The van der Waals surface area contributed by atoms with Crippen LogP contribution in [0.3, 0.4) is 0 Å². The van der Waals surface area contributed by atoms with Crippen LogP contribution < -0.4 is 0 Å². The van der Waals surface area contributed by atoms with Crippen molar-refractivity contribution in [2.75, 3.05) is 0 Å². The molecule has 1 atom stereocenters. The SMILES string of the molecule is CC1(C)SC1(Br)Br.CCC(S)Cc1ccncn1. The topological polar surface area (TPSA) is 25.8 Å². The fourth-order valence-corrected chi connectivity index (χ4v) is 4.32. The third-order valence-electron chi connectivity index (χ3n) is 2.60. The van der Waals surface area contributed by atoms with Gasteiger partial charge in [-0.25, -0.2) is 9.97 Å². The van der Waals surface area contributed by atoms with E-state index in [0.29, 0.717) is 10.00 Å². The van der Waals surface area contributed by atoms with Crippen molar-refractivity contribution in [2.24, 2.45) is 0 Å². The molecule has 6 heteroatoms. The average Bonchev–Trinajstić information content (AvgIpc) is 2.76. The summed E-state index contributed by atoms with van der Waals surface area (Å²) in [7, 11) is 0. The summed E-state index contributed by atoms with van der Waals surface area (Å²) in [6.45, 7) is 6.52. The molecular weight excluding hydrogens is 396 g/mol. The van der Waals surface area contributed by atoms with E-state index >= 15 is 0 Å². The first-order valence-corrected chi connectivity index (χ1v) is 8.71. The van der Waals surface area contributed by atoms with Crippen LogP contribution in [0.25, 0.3) is 0 Å². The van der Waals surface area contributed by atoms with Crippen LogP contribution in [0.2, 0.25) is 0 Å². The summed E-state index contributed by atoms with van der Waals surface area (Å²) in [6.07, 6.45) is 5.35. The first-order chi connectivity index (χ1) is 8.28. The van der Waals surface area contributed by atoms with E-state index < -0.39 is 0 Å². The molecule has 18 heavy (non-hydrogen) atoms. The third-order valence-corrected chi connectivity index (χ3v) is 8.01. The molecule has 0 aromatic carbocycles. The second-order valence-electron chi connectivity index (χ2n) is 4.60. The Bertz CT molecular complexity index is 360. The number of thiol groups is 1. The highest BCUT2D eigenvalue weighted by atomic mass is 79.9. The predicted molar refractivity (Wildman–Crippen MR) is 91.1 cm³/mol. The van der Waals surface area contributed by atoms with Crippen molar-refractivity contribution in [1.29, 1.82) is 0 Å². The normalized spacial score (nSPS) is 20.6. The molecule has 1 unspecified atom stereocenters. The second-order valence-corrected chi connectivity index (χ2v) is 11.7. The van der Waals surface area contributed by atoms with Crippen molar-refractivity contribution in [3.05, 3.63) is 24.3 Å².